The van der Waals surface area contributed by atoms with Gasteiger partial charge in [0.15, 0.2) is 0 Å². The van der Waals surface area contributed by atoms with Crippen LogP contribution in [-0.4, -0.2) is 11.7 Å². The topological polar surface area (TPSA) is 54.6 Å². The Morgan fingerprint density at radius 2 is 2.04 bits per heavy atom. The van der Waals surface area contributed by atoms with Crippen molar-refractivity contribution in [2.24, 2.45) is 0 Å². The smallest absolute Gasteiger partial charge is 0.134 e. The van der Waals surface area contributed by atoms with Crippen LogP contribution in [0.25, 0.3) is 11.0 Å². The molecular formula is C18H18FNO3. The SMILES string of the molecule is CCOc1ccc(NCc2cc3cc(F)ccc3o2)cc1CO. The molecule has 0 saturated carbocycles. The average molecular weight is 315 g/mol. The number of fused-ring (bicyclic) bond motifs is 1. The second kappa shape index (κ2) is 6.71. The lowest BCUT2D eigenvalue weighted by Gasteiger charge is -2.11. The van der Waals surface area contributed by atoms with Gasteiger partial charge in [-0.15, -0.1) is 0 Å². The Morgan fingerprint density at radius 3 is 2.83 bits per heavy atom. The molecule has 23 heavy (non-hydrogen) atoms. The molecule has 0 bridgehead atoms. The summed E-state index contributed by atoms with van der Waals surface area (Å²) in [6.07, 6.45) is 0. The molecule has 0 fully saturated rings. The van der Waals surface area contributed by atoms with E-state index in [4.69, 9.17) is 9.15 Å². The van der Waals surface area contributed by atoms with Crippen LogP contribution in [0.4, 0.5) is 10.1 Å². The van der Waals surface area contributed by atoms with Crippen LogP contribution in [0.15, 0.2) is 46.9 Å². The highest BCUT2D eigenvalue weighted by atomic mass is 19.1. The van der Waals surface area contributed by atoms with Gasteiger partial charge in [-0.1, -0.05) is 0 Å². The molecule has 0 radical (unpaired) electrons. The van der Waals surface area contributed by atoms with Gasteiger partial charge in [-0.05, 0) is 49.4 Å². The maximum Gasteiger partial charge on any atom is 0.134 e. The molecule has 0 atom stereocenters. The molecule has 0 aliphatic carbocycles. The maximum absolute atomic E-state index is 13.2. The maximum atomic E-state index is 13.2. The molecule has 120 valence electrons. The zero-order valence-electron chi connectivity index (χ0n) is 12.8. The number of halogens is 1. The summed E-state index contributed by atoms with van der Waals surface area (Å²) in [7, 11) is 0. The lowest BCUT2D eigenvalue weighted by atomic mass is 10.2. The number of anilines is 1. The molecule has 1 heterocycles. The third-order valence-corrected chi connectivity index (χ3v) is 3.53. The first-order chi connectivity index (χ1) is 11.2. The summed E-state index contributed by atoms with van der Waals surface area (Å²) in [5, 5.41) is 13.4. The van der Waals surface area contributed by atoms with Crippen LogP contribution in [0.3, 0.4) is 0 Å². The van der Waals surface area contributed by atoms with Crippen molar-refractivity contribution in [3.05, 3.63) is 59.6 Å². The highest BCUT2D eigenvalue weighted by Crippen LogP contribution is 2.25. The molecule has 3 rings (SSSR count). The molecule has 0 aliphatic rings. The van der Waals surface area contributed by atoms with Gasteiger partial charge in [0.2, 0.25) is 0 Å². The van der Waals surface area contributed by atoms with E-state index in [-0.39, 0.29) is 12.4 Å². The molecule has 0 aliphatic heterocycles. The molecule has 3 aromatic rings. The van der Waals surface area contributed by atoms with Crippen molar-refractivity contribution >= 4 is 16.7 Å². The quantitative estimate of drug-likeness (QED) is 0.720. The van der Waals surface area contributed by atoms with E-state index in [2.05, 4.69) is 5.32 Å². The molecule has 1 aromatic heterocycles. The Morgan fingerprint density at radius 1 is 1.17 bits per heavy atom. The third-order valence-electron chi connectivity index (χ3n) is 3.53. The number of hydrogen-bond donors (Lipinski definition) is 2. The van der Waals surface area contributed by atoms with Crippen molar-refractivity contribution in [1.82, 2.24) is 0 Å². The van der Waals surface area contributed by atoms with E-state index < -0.39 is 0 Å². The van der Waals surface area contributed by atoms with E-state index in [0.717, 1.165) is 16.6 Å². The van der Waals surface area contributed by atoms with E-state index in [0.29, 0.717) is 30.2 Å². The number of aliphatic hydroxyl groups is 1. The fraction of sp³-hybridized carbons (Fsp3) is 0.222. The molecule has 0 spiro atoms. The summed E-state index contributed by atoms with van der Waals surface area (Å²) in [5.74, 6) is 1.11. The Bertz CT molecular complexity index is 813. The Balaban J connectivity index is 1.73. The Labute approximate surface area is 133 Å². The van der Waals surface area contributed by atoms with Crippen molar-refractivity contribution in [1.29, 1.82) is 0 Å². The number of hydrogen-bond acceptors (Lipinski definition) is 4. The largest absolute Gasteiger partial charge is 0.494 e. The predicted molar refractivity (Wildman–Crippen MR) is 87.0 cm³/mol. The average Bonchev–Trinajstić information content (AvgIpc) is 2.96. The van der Waals surface area contributed by atoms with Crippen molar-refractivity contribution in [2.45, 2.75) is 20.1 Å². The second-order valence-corrected chi connectivity index (χ2v) is 5.16. The van der Waals surface area contributed by atoms with Gasteiger partial charge in [-0.2, -0.15) is 0 Å². The summed E-state index contributed by atoms with van der Waals surface area (Å²) in [6.45, 7) is 2.83. The van der Waals surface area contributed by atoms with Crippen molar-refractivity contribution in [2.75, 3.05) is 11.9 Å². The van der Waals surface area contributed by atoms with Gasteiger partial charge in [0.1, 0.15) is 22.9 Å². The van der Waals surface area contributed by atoms with Crippen LogP contribution in [0.1, 0.15) is 18.2 Å². The Kier molecular flexibility index (Phi) is 4.48. The zero-order chi connectivity index (χ0) is 16.2. The summed E-state index contributed by atoms with van der Waals surface area (Å²) in [4.78, 5) is 0. The first kappa shape index (κ1) is 15.4. The van der Waals surface area contributed by atoms with Gasteiger partial charge in [0.05, 0.1) is 19.8 Å². The van der Waals surface area contributed by atoms with E-state index in [1.165, 1.54) is 12.1 Å². The van der Waals surface area contributed by atoms with E-state index >= 15 is 0 Å². The Hall–Kier alpha value is -2.53. The van der Waals surface area contributed by atoms with Crippen LogP contribution in [0.5, 0.6) is 5.75 Å². The molecule has 2 N–H and O–H groups in total. The monoisotopic (exact) mass is 315 g/mol. The minimum Gasteiger partial charge on any atom is -0.494 e. The fourth-order valence-electron chi connectivity index (χ4n) is 2.45. The standard InChI is InChI=1S/C18H18FNO3/c1-2-22-17-6-4-15(8-13(17)11-21)20-10-16-9-12-7-14(19)3-5-18(12)23-16/h3-9,20-21H,2,10-11H2,1H3. The predicted octanol–water partition coefficient (Wildman–Crippen LogP) is 4.08. The van der Waals surface area contributed by atoms with Crippen molar-refractivity contribution in [3.63, 3.8) is 0 Å². The lowest BCUT2D eigenvalue weighted by molar-refractivity contribution is 0.267. The van der Waals surface area contributed by atoms with E-state index in [1.807, 2.05) is 31.2 Å². The normalized spacial score (nSPS) is 10.9. The van der Waals surface area contributed by atoms with Crippen LogP contribution in [0.2, 0.25) is 0 Å². The van der Waals surface area contributed by atoms with Crippen LogP contribution < -0.4 is 10.1 Å². The molecule has 5 heteroatoms. The van der Waals surface area contributed by atoms with Crippen molar-refractivity contribution in [3.8, 4) is 5.75 Å². The molecular weight excluding hydrogens is 297 g/mol. The summed E-state index contributed by atoms with van der Waals surface area (Å²) in [6, 6.07) is 11.8. The minimum atomic E-state index is -0.281. The highest BCUT2D eigenvalue weighted by molar-refractivity contribution is 5.77. The summed E-state index contributed by atoms with van der Waals surface area (Å²) >= 11 is 0. The summed E-state index contributed by atoms with van der Waals surface area (Å²) in [5.41, 5.74) is 2.23. The summed E-state index contributed by atoms with van der Waals surface area (Å²) < 4.78 is 24.3. The van der Waals surface area contributed by atoms with Crippen LogP contribution in [-0.2, 0) is 13.2 Å². The van der Waals surface area contributed by atoms with Gasteiger partial charge < -0.3 is 19.6 Å². The second-order valence-electron chi connectivity index (χ2n) is 5.16. The number of aliphatic hydroxyl groups excluding tert-OH is 1. The fourth-order valence-corrected chi connectivity index (χ4v) is 2.45. The first-order valence-electron chi connectivity index (χ1n) is 7.48. The number of ether oxygens (including phenoxy) is 1. The minimum absolute atomic E-state index is 0.0885. The van der Waals surface area contributed by atoms with Gasteiger partial charge in [0, 0.05) is 16.6 Å². The molecule has 0 amide bonds. The van der Waals surface area contributed by atoms with E-state index in [1.54, 1.807) is 6.07 Å². The van der Waals surface area contributed by atoms with Crippen LogP contribution in [0, 0.1) is 5.82 Å². The number of rotatable bonds is 6. The third kappa shape index (κ3) is 3.46. The lowest BCUT2D eigenvalue weighted by Crippen LogP contribution is -2.01. The number of nitrogens with one attached hydrogen (secondary N) is 1. The van der Waals surface area contributed by atoms with Gasteiger partial charge in [-0.3, -0.25) is 0 Å². The van der Waals surface area contributed by atoms with Gasteiger partial charge in [-0.25, -0.2) is 4.39 Å². The first-order valence-corrected chi connectivity index (χ1v) is 7.48. The van der Waals surface area contributed by atoms with Gasteiger partial charge >= 0.3 is 0 Å². The van der Waals surface area contributed by atoms with Crippen LogP contribution >= 0.6 is 0 Å². The van der Waals surface area contributed by atoms with Gasteiger partial charge in [0.25, 0.3) is 0 Å². The molecule has 0 unspecified atom stereocenters. The highest BCUT2D eigenvalue weighted by Gasteiger charge is 2.07. The molecule has 0 saturated heterocycles. The number of furan rings is 1. The zero-order valence-corrected chi connectivity index (χ0v) is 12.8. The molecule has 2 aromatic carbocycles. The van der Waals surface area contributed by atoms with Crippen molar-refractivity contribution < 1.29 is 18.7 Å². The van der Waals surface area contributed by atoms with E-state index in [9.17, 15) is 9.50 Å². The number of benzene rings is 2. The molecule has 4 nitrogen and oxygen atoms in total.